The molecule has 1 aliphatic rings. The second kappa shape index (κ2) is 4.82. The molecule has 3 rings (SSSR count). The fourth-order valence-electron chi connectivity index (χ4n) is 2.65. The number of ether oxygens (including phenoxy) is 1. The molecule has 1 aromatic heterocycles. The van der Waals surface area contributed by atoms with Crippen molar-refractivity contribution in [2.24, 2.45) is 0 Å². The molecule has 2 N–H and O–H groups in total. The summed E-state index contributed by atoms with van der Waals surface area (Å²) >= 11 is 6.14. The Morgan fingerprint density at radius 2 is 2.22 bits per heavy atom. The zero-order valence-corrected chi connectivity index (χ0v) is 11.2. The molecular formula is C14H17ClN2O. The van der Waals surface area contributed by atoms with Gasteiger partial charge in [-0.3, -0.25) is 0 Å². The Balaban J connectivity index is 1.99. The third kappa shape index (κ3) is 2.08. The first kappa shape index (κ1) is 11.9. The smallest absolute Gasteiger partial charge is 0.138 e. The molecule has 1 saturated heterocycles. The van der Waals surface area contributed by atoms with Crippen molar-refractivity contribution in [3.8, 4) is 5.75 Å². The van der Waals surface area contributed by atoms with Crippen molar-refractivity contribution in [1.82, 2.24) is 10.3 Å². The zero-order chi connectivity index (χ0) is 12.5. The number of hydrogen-bond acceptors (Lipinski definition) is 2. The van der Waals surface area contributed by atoms with Gasteiger partial charge >= 0.3 is 0 Å². The quantitative estimate of drug-likeness (QED) is 0.873. The lowest BCUT2D eigenvalue weighted by atomic mass is 9.96. The highest BCUT2D eigenvalue weighted by Gasteiger charge is 2.17. The molecule has 2 aromatic rings. The van der Waals surface area contributed by atoms with Gasteiger partial charge in [-0.1, -0.05) is 11.6 Å². The van der Waals surface area contributed by atoms with Gasteiger partial charge in [0.25, 0.3) is 0 Å². The van der Waals surface area contributed by atoms with Gasteiger partial charge in [0.1, 0.15) is 5.75 Å². The lowest BCUT2D eigenvalue weighted by molar-refractivity contribution is 0.415. The van der Waals surface area contributed by atoms with Crippen LogP contribution in [0.1, 0.15) is 24.5 Å². The van der Waals surface area contributed by atoms with Crippen molar-refractivity contribution >= 4 is 22.5 Å². The van der Waals surface area contributed by atoms with E-state index in [2.05, 4.69) is 16.4 Å². The van der Waals surface area contributed by atoms with Crippen LogP contribution >= 0.6 is 11.6 Å². The van der Waals surface area contributed by atoms with Crippen molar-refractivity contribution < 1.29 is 4.74 Å². The van der Waals surface area contributed by atoms with E-state index < -0.39 is 0 Å². The average molecular weight is 265 g/mol. The highest BCUT2D eigenvalue weighted by atomic mass is 35.5. The highest BCUT2D eigenvalue weighted by molar-refractivity contribution is 6.32. The van der Waals surface area contributed by atoms with Crippen molar-refractivity contribution in [3.05, 3.63) is 28.9 Å². The van der Waals surface area contributed by atoms with Crippen molar-refractivity contribution in [1.29, 1.82) is 0 Å². The van der Waals surface area contributed by atoms with E-state index >= 15 is 0 Å². The molecule has 1 aliphatic heterocycles. The molecular weight excluding hydrogens is 248 g/mol. The first-order valence-electron chi connectivity index (χ1n) is 6.35. The van der Waals surface area contributed by atoms with Gasteiger partial charge < -0.3 is 15.0 Å². The van der Waals surface area contributed by atoms with Gasteiger partial charge in [0.15, 0.2) is 0 Å². The molecule has 18 heavy (non-hydrogen) atoms. The Morgan fingerprint density at radius 1 is 1.33 bits per heavy atom. The third-order valence-corrected chi connectivity index (χ3v) is 3.95. The minimum Gasteiger partial charge on any atom is -0.495 e. The molecule has 1 unspecified atom stereocenters. The van der Waals surface area contributed by atoms with E-state index in [4.69, 9.17) is 16.3 Å². The number of H-pyrrole nitrogens is 1. The van der Waals surface area contributed by atoms with Crippen LogP contribution in [-0.2, 0) is 0 Å². The number of halogens is 1. The molecule has 0 saturated carbocycles. The number of hydrogen-bond donors (Lipinski definition) is 2. The van der Waals surface area contributed by atoms with Crippen LogP contribution < -0.4 is 10.1 Å². The number of fused-ring (bicyclic) bond motifs is 1. The normalized spacial score (nSPS) is 20.2. The molecule has 1 aromatic carbocycles. The zero-order valence-electron chi connectivity index (χ0n) is 10.4. The number of aromatic amines is 1. The molecule has 1 atom stereocenters. The van der Waals surface area contributed by atoms with Crippen LogP contribution in [0, 0.1) is 0 Å². The summed E-state index contributed by atoms with van der Waals surface area (Å²) in [6, 6.07) is 6.15. The molecule has 3 nitrogen and oxygen atoms in total. The number of aromatic nitrogens is 1. The summed E-state index contributed by atoms with van der Waals surface area (Å²) in [5.74, 6) is 1.31. The molecule has 0 spiro atoms. The molecule has 0 radical (unpaired) electrons. The topological polar surface area (TPSA) is 37.0 Å². The van der Waals surface area contributed by atoms with E-state index in [1.165, 1.54) is 18.5 Å². The third-order valence-electron chi connectivity index (χ3n) is 3.65. The Kier molecular flexibility index (Phi) is 3.18. The Labute approximate surface area is 111 Å². The predicted octanol–water partition coefficient (Wildman–Crippen LogP) is 3.30. The second-order valence-corrected chi connectivity index (χ2v) is 5.25. The van der Waals surface area contributed by atoms with Crippen LogP contribution in [0.4, 0.5) is 0 Å². The van der Waals surface area contributed by atoms with Crippen molar-refractivity contribution in [3.63, 3.8) is 0 Å². The van der Waals surface area contributed by atoms with E-state index in [1.54, 1.807) is 7.11 Å². The van der Waals surface area contributed by atoms with Crippen LogP contribution in [0.5, 0.6) is 5.75 Å². The fraction of sp³-hybridized carbons (Fsp3) is 0.429. The van der Waals surface area contributed by atoms with E-state index in [0.29, 0.717) is 10.9 Å². The molecule has 2 heterocycles. The summed E-state index contributed by atoms with van der Waals surface area (Å²) in [5.41, 5.74) is 2.38. The maximum absolute atomic E-state index is 6.14. The number of nitrogens with one attached hydrogen (secondary N) is 2. The van der Waals surface area contributed by atoms with Gasteiger partial charge in [-0.15, -0.1) is 0 Å². The Bertz CT molecular complexity index is 558. The van der Waals surface area contributed by atoms with Crippen LogP contribution in [-0.4, -0.2) is 25.2 Å². The first-order chi connectivity index (χ1) is 8.78. The average Bonchev–Trinajstić information content (AvgIpc) is 2.81. The molecule has 0 aliphatic carbocycles. The van der Waals surface area contributed by atoms with E-state index in [1.807, 2.05) is 12.1 Å². The molecule has 96 valence electrons. The summed E-state index contributed by atoms with van der Waals surface area (Å²) in [4.78, 5) is 3.48. The maximum Gasteiger partial charge on any atom is 0.138 e. The van der Waals surface area contributed by atoms with Gasteiger partial charge in [0.05, 0.1) is 12.1 Å². The van der Waals surface area contributed by atoms with Gasteiger partial charge in [-0.2, -0.15) is 0 Å². The summed E-state index contributed by atoms with van der Waals surface area (Å²) in [7, 11) is 1.64. The van der Waals surface area contributed by atoms with Crippen LogP contribution in [0.25, 0.3) is 10.9 Å². The molecule has 0 bridgehead atoms. The maximum atomic E-state index is 6.14. The van der Waals surface area contributed by atoms with Gasteiger partial charge in [0, 0.05) is 29.1 Å². The SMILES string of the molecule is COc1cc2cc(C3CCCNC3)[nH]c2cc1Cl. The lowest BCUT2D eigenvalue weighted by Gasteiger charge is -2.21. The summed E-state index contributed by atoms with van der Waals surface area (Å²) in [5, 5.41) is 5.26. The monoisotopic (exact) mass is 264 g/mol. The van der Waals surface area contributed by atoms with Gasteiger partial charge in [0.2, 0.25) is 0 Å². The van der Waals surface area contributed by atoms with Gasteiger partial charge in [-0.25, -0.2) is 0 Å². The summed E-state index contributed by atoms with van der Waals surface area (Å²) < 4.78 is 5.25. The summed E-state index contributed by atoms with van der Waals surface area (Å²) in [6.07, 6.45) is 2.48. The first-order valence-corrected chi connectivity index (χ1v) is 6.72. The number of piperidine rings is 1. The predicted molar refractivity (Wildman–Crippen MR) is 74.7 cm³/mol. The number of rotatable bonds is 2. The molecule has 4 heteroatoms. The van der Waals surface area contributed by atoms with Gasteiger partial charge in [-0.05, 0) is 37.6 Å². The van der Waals surface area contributed by atoms with Crippen molar-refractivity contribution in [2.45, 2.75) is 18.8 Å². The standard InChI is InChI=1S/C14H17ClN2O/c1-18-14-6-10-5-12(9-3-2-4-16-8-9)17-13(10)7-11(14)15/h5-7,9,16-17H,2-4,8H2,1H3. The fourth-order valence-corrected chi connectivity index (χ4v) is 2.89. The van der Waals surface area contributed by atoms with Crippen LogP contribution in [0.3, 0.4) is 0 Å². The molecule has 0 amide bonds. The van der Waals surface area contributed by atoms with E-state index in [0.717, 1.165) is 29.7 Å². The largest absolute Gasteiger partial charge is 0.495 e. The summed E-state index contributed by atoms with van der Waals surface area (Å²) in [6.45, 7) is 2.19. The minimum absolute atomic E-state index is 0.580. The Morgan fingerprint density at radius 3 is 2.94 bits per heavy atom. The van der Waals surface area contributed by atoms with E-state index in [9.17, 15) is 0 Å². The second-order valence-electron chi connectivity index (χ2n) is 4.84. The number of methoxy groups -OCH3 is 1. The van der Waals surface area contributed by atoms with E-state index in [-0.39, 0.29) is 0 Å². The number of benzene rings is 1. The molecule has 1 fully saturated rings. The highest BCUT2D eigenvalue weighted by Crippen LogP contribution is 2.32. The lowest BCUT2D eigenvalue weighted by Crippen LogP contribution is -2.28. The van der Waals surface area contributed by atoms with Crippen LogP contribution in [0.2, 0.25) is 5.02 Å². The minimum atomic E-state index is 0.580. The Hall–Kier alpha value is -1.19. The van der Waals surface area contributed by atoms with Crippen LogP contribution in [0.15, 0.2) is 18.2 Å². The van der Waals surface area contributed by atoms with Crippen molar-refractivity contribution in [2.75, 3.05) is 20.2 Å².